The van der Waals surface area contributed by atoms with E-state index in [1.54, 1.807) is 6.07 Å². The predicted molar refractivity (Wildman–Crippen MR) is 102 cm³/mol. The maximum absolute atomic E-state index is 14.9. The molecule has 0 radical (unpaired) electrons. The van der Waals surface area contributed by atoms with Crippen LogP contribution in [0.3, 0.4) is 0 Å². The second-order valence-electron chi connectivity index (χ2n) is 8.30. The van der Waals surface area contributed by atoms with E-state index in [4.69, 9.17) is 5.26 Å². The average molecular weight is 425 g/mol. The molecule has 0 bridgehead atoms. The van der Waals surface area contributed by atoms with E-state index in [2.05, 4.69) is 0 Å². The van der Waals surface area contributed by atoms with Crippen LogP contribution >= 0.6 is 0 Å². The van der Waals surface area contributed by atoms with Crippen LogP contribution in [0, 0.1) is 40.6 Å². The second-order valence-corrected chi connectivity index (χ2v) is 8.30. The molecule has 8 heteroatoms. The number of imide groups is 1. The van der Waals surface area contributed by atoms with Crippen LogP contribution in [0.1, 0.15) is 35.6 Å². The summed E-state index contributed by atoms with van der Waals surface area (Å²) in [5, 5.41) is 8.99. The van der Waals surface area contributed by atoms with Gasteiger partial charge in [0.1, 0.15) is 17.5 Å². The third-order valence-corrected chi connectivity index (χ3v) is 6.70. The van der Waals surface area contributed by atoms with Crippen LogP contribution in [0.4, 0.5) is 13.2 Å². The fourth-order valence-corrected chi connectivity index (χ4v) is 5.47. The molecule has 3 fully saturated rings. The molecule has 0 aromatic heterocycles. The van der Waals surface area contributed by atoms with Gasteiger partial charge in [0.15, 0.2) is 0 Å². The number of nitriles is 1. The van der Waals surface area contributed by atoms with Crippen LogP contribution in [-0.4, -0.2) is 34.2 Å². The SMILES string of the molecule is N#Cc1cc(F)c([C@H]2[C@H]3C(=O)N(Cc4ccc(F)cc4)C(=O)[C@H]3[C@@H]3CCCN32)c(F)c1. The van der Waals surface area contributed by atoms with Gasteiger partial charge < -0.3 is 0 Å². The summed E-state index contributed by atoms with van der Waals surface area (Å²) in [7, 11) is 0. The Hall–Kier alpha value is -3.18. The van der Waals surface area contributed by atoms with Crippen LogP contribution in [0.2, 0.25) is 0 Å². The lowest BCUT2D eigenvalue weighted by Gasteiger charge is -2.29. The van der Waals surface area contributed by atoms with E-state index in [9.17, 15) is 22.8 Å². The van der Waals surface area contributed by atoms with E-state index in [0.717, 1.165) is 23.5 Å². The van der Waals surface area contributed by atoms with Crippen molar-refractivity contribution < 1.29 is 22.8 Å². The van der Waals surface area contributed by atoms with Gasteiger partial charge in [-0.25, -0.2) is 13.2 Å². The standard InChI is InChI=1S/C23H18F3N3O2/c24-14-5-3-12(4-6-14)11-29-22(30)19-17-2-1-7-28(17)21(20(19)23(29)31)18-15(25)8-13(10-27)9-16(18)26/h3-6,8-9,17,19-21H,1-2,7,11H2/t17-,19-,20-,21-/m0/s1. The molecule has 3 heterocycles. The molecule has 31 heavy (non-hydrogen) atoms. The molecule has 2 aromatic rings. The summed E-state index contributed by atoms with van der Waals surface area (Å²) in [6.07, 6.45) is 1.43. The van der Waals surface area contributed by atoms with Gasteiger partial charge in [0.2, 0.25) is 11.8 Å². The highest BCUT2D eigenvalue weighted by atomic mass is 19.1. The summed E-state index contributed by atoms with van der Waals surface area (Å²) < 4.78 is 43.0. The van der Waals surface area contributed by atoms with Crippen molar-refractivity contribution in [1.82, 2.24) is 9.80 Å². The monoisotopic (exact) mass is 425 g/mol. The summed E-state index contributed by atoms with van der Waals surface area (Å²) in [6.45, 7) is 0.530. The number of amides is 2. The first kappa shape index (κ1) is 19.8. The molecule has 0 saturated carbocycles. The molecule has 0 spiro atoms. The van der Waals surface area contributed by atoms with Crippen LogP contribution in [-0.2, 0) is 16.1 Å². The van der Waals surface area contributed by atoms with E-state index in [1.807, 2.05) is 4.90 Å². The summed E-state index contributed by atoms with van der Waals surface area (Å²) in [4.78, 5) is 29.6. The van der Waals surface area contributed by atoms with E-state index in [0.29, 0.717) is 18.5 Å². The quantitative estimate of drug-likeness (QED) is 0.708. The van der Waals surface area contributed by atoms with Crippen LogP contribution in [0.25, 0.3) is 0 Å². The smallest absolute Gasteiger partial charge is 0.235 e. The van der Waals surface area contributed by atoms with Gasteiger partial charge in [0.25, 0.3) is 0 Å². The van der Waals surface area contributed by atoms with Gasteiger partial charge in [-0.15, -0.1) is 0 Å². The number of likely N-dealkylation sites (tertiary alicyclic amines) is 1. The van der Waals surface area contributed by atoms with Crippen molar-refractivity contribution in [1.29, 1.82) is 5.26 Å². The first-order valence-corrected chi connectivity index (χ1v) is 10.1. The molecule has 3 aliphatic heterocycles. The fourth-order valence-electron chi connectivity index (χ4n) is 5.47. The molecule has 3 aliphatic rings. The summed E-state index contributed by atoms with van der Waals surface area (Å²) >= 11 is 0. The molecule has 3 saturated heterocycles. The Balaban J connectivity index is 1.54. The van der Waals surface area contributed by atoms with Crippen molar-refractivity contribution in [3.8, 4) is 6.07 Å². The lowest BCUT2D eigenvalue weighted by atomic mass is 9.84. The van der Waals surface area contributed by atoms with Gasteiger partial charge in [-0.05, 0) is 49.2 Å². The van der Waals surface area contributed by atoms with Crippen molar-refractivity contribution in [2.45, 2.75) is 31.5 Å². The van der Waals surface area contributed by atoms with Crippen molar-refractivity contribution in [2.24, 2.45) is 11.8 Å². The highest BCUT2D eigenvalue weighted by Crippen LogP contribution is 2.54. The maximum atomic E-state index is 14.9. The summed E-state index contributed by atoms with van der Waals surface area (Å²) in [5.41, 5.74) is 0.194. The molecule has 0 unspecified atom stereocenters. The molecule has 0 aliphatic carbocycles. The third kappa shape index (κ3) is 2.95. The Labute approximate surface area is 176 Å². The Morgan fingerprint density at radius 1 is 1.00 bits per heavy atom. The number of fused-ring (bicyclic) bond motifs is 3. The summed E-state index contributed by atoms with van der Waals surface area (Å²) in [6, 6.07) is 8.00. The number of carbonyl (C=O) groups excluding carboxylic acids is 2. The van der Waals surface area contributed by atoms with E-state index >= 15 is 0 Å². The summed E-state index contributed by atoms with van der Waals surface area (Å²) in [5.74, 6) is -4.58. The minimum atomic E-state index is -0.903. The van der Waals surface area contributed by atoms with E-state index in [1.165, 1.54) is 24.3 Å². The molecule has 2 amide bonds. The van der Waals surface area contributed by atoms with E-state index < -0.39 is 41.2 Å². The molecule has 5 nitrogen and oxygen atoms in total. The minimum Gasteiger partial charge on any atom is -0.292 e. The van der Waals surface area contributed by atoms with E-state index in [-0.39, 0.29) is 29.6 Å². The number of hydrogen-bond acceptors (Lipinski definition) is 4. The average Bonchev–Trinajstić information content (AvgIpc) is 3.38. The highest BCUT2D eigenvalue weighted by molar-refractivity contribution is 6.06. The molecular weight excluding hydrogens is 407 g/mol. The Morgan fingerprint density at radius 3 is 2.29 bits per heavy atom. The topological polar surface area (TPSA) is 64.4 Å². The number of halogens is 3. The van der Waals surface area contributed by atoms with Gasteiger partial charge in [-0.3, -0.25) is 19.4 Å². The first-order valence-electron chi connectivity index (χ1n) is 10.1. The lowest BCUT2D eigenvalue weighted by Crippen LogP contribution is -2.39. The Kier molecular flexibility index (Phi) is 4.59. The van der Waals surface area contributed by atoms with Crippen LogP contribution in [0.5, 0.6) is 0 Å². The van der Waals surface area contributed by atoms with Gasteiger partial charge in [0, 0.05) is 11.6 Å². The number of hydrogen-bond donors (Lipinski definition) is 0. The number of nitrogens with zero attached hydrogens (tertiary/aromatic N) is 3. The number of benzene rings is 2. The molecule has 0 N–H and O–H groups in total. The van der Waals surface area contributed by atoms with Crippen LogP contribution < -0.4 is 0 Å². The molecule has 158 valence electrons. The van der Waals surface area contributed by atoms with Crippen molar-refractivity contribution >= 4 is 11.8 Å². The normalized spacial score (nSPS) is 27.5. The van der Waals surface area contributed by atoms with Crippen LogP contribution in [0.15, 0.2) is 36.4 Å². The number of rotatable bonds is 3. The van der Waals surface area contributed by atoms with Crippen molar-refractivity contribution in [3.05, 3.63) is 70.5 Å². The highest BCUT2D eigenvalue weighted by Gasteiger charge is 2.63. The maximum Gasteiger partial charge on any atom is 0.235 e. The minimum absolute atomic E-state index is 0.0112. The zero-order chi connectivity index (χ0) is 21.9. The molecule has 5 rings (SSSR count). The third-order valence-electron chi connectivity index (χ3n) is 6.70. The zero-order valence-electron chi connectivity index (χ0n) is 16.4. The van der Waals surface area contributed by atoms with Gasteiger partial charge in [-0.2, -0.15) is 5.26 Å². The molecule has 4 atom stereocenters. The van der Waals surface area contributed by atoms with Gasteiger partial charge in [-0.1, -0.05) is 12.1 Å². The van der Waals surface area contributed by atoms with Gasteiger partial charge >= 0.3 is 0 Å². The predicted octanol–water partition coefficient (Wildman–Crippen LogP) is 3.30. The van der Waals surface area contributed by atoms with Crippen molar-refractivity contribution in [2.75, 3.05) is 6.54 Å². The largest absolute Gasteiger partial charge is 0.292 e. The molecule has 2 aromatic carbocycles. The Morgan fingerprint density at radius 2 is 1.65 bits per heavy atom. The molecular formula is C23H18F3N3O2. The second kappa shape index (κ2) is 7.20. The number of carbonyl (C=O) groups is 2. The van der Waals surface area contributed by atoms with Crippen molar-refractivity contribution in [3.63, 3.8) is 0 Å². The Bertz CT molecular complexity index is 1100. The zero-order valence-corrected chi connectivity index (χ0v) is 16.4. The fraction of sp³-hybridized carbons (Fsp3) is 0.348. The van der Waals surface area contributed by atoms with Gasteiger partial charge in [0.05, 0.1) is 36.1 Å². The lowest BCUT2D eigenvalue weighted by molar-refractivity contribution is -0.142. The first-order chi connectivity index (χ1) is 14.9.